The first-order valence-electron chi connectivity index (χ1n) is 20.5. The second-order valence-corrected chi connectivity index (χ2v) is 15.7. The highest BCUT2D eigenvalue weighted by Gasteiger charge is 2.15. The highest BCUT2D eigenvalue weighted by molar-refractivity contribution is 6.25. The molecule has 2 aromatic heterocycles. The zero-order chi connectivity index (χ0) is 39.6. The van der Waals surface area contributed by atoms with Crippen LogP contribution < -0.4 is 0 Å². The first-order valence-corrected chi connectivity index (χ1v) is 20.5. The van der Waals surface area contributed by atoms with Crippen molar-refractivity contribution < 1.29 is 0 Å². The number of hydrogen-bond donors (Lipinski definition) is 0. The lowest BCUT2D eigenvalue weighted by Gasteiger charge is -2.14. The molecule has 0 spiro atoms. The highest BCUT2D eigenvalue weighted by atomic mass is 14.7. The van der Waals surface area contributed by atoms with Gasteiger partial charge in [-0.1, -0.05) is 182 Å². The lowest BCUT2D eigenvalue weighted by Crippen LogP contribution is -1.92. The van der Waals surface area contributed by atoms with Crippen molar-refractivity contribution in [2.75, 3.05) is 0 Å². The maximum absolute atomic E-state index is 4.92. The van der Waals surface area contributed by atoms with Gasteiger partial charge >= 0.3 is 0 Å². The molecule has 2 nitrogen and oxygen atoms in total. The van der Waals surface area contributed by atoms with E-state index in [4.69, 9.17) is 9.97 Å². The van der Waals surface area contributed by atoms with E-state index in [-0.39, 0.29) is 0 Å². The van der Waals surface area contributed by atoms with Crippen molar-refractivity contribution in [3.8, 4) is 33.6 Å². The van der Waals surface area contributed by atoms with Gasteiger partial charge in [0.15, 0.2) is 0 Å². The first-order chi connectivity index (χ1) is 29.7. The number of pyridine rings is 2. The molecule has 0 saturated heterocycles. The Balaban J connectivity index is 0.878. The minimum atomic E-state index is 0.927. The summed E-state index contributed by atoms with van der Waals surface area (Å²) in [5.74, 6) is 0. The van der Waals surface area contributed by atoms with Crippen LogP contribution in [0.2, 0.25) is 0 Å². The Hall–Kier alpha value is -7.94. The van der Waals surface area contributed by atoms with Gasteiger partial charge in [0.25, 0.3) is 0 Å². The normalized spacial score (nSPS) is 12.2. The number of benzene rings is 10. The molecule has 0 aliphatic rings. The molecule has 0 radical (unpaired) electrons. The summed E-state index contributed by atoms with van der Waals surface area (Å²) >= 11 is 0. The Morgan fingerprint density at radius 3 is 1.08 bits per heavy atom. The lowest BCUT2D eigenvalue weighted by molar-refractivity contribution is 1.31. The molecule has 0 atom stereocenters. The minimum Gasteiger partial charge on any atom is -0.256 e. The van der Waals surface area contributed by atoms with Gasteiger partial charge in [-0.15, -0.1) is 0 Å². The van der Waals surface area contributed by atoms with Crippen molar-refractivity contribution in [3.63, 3.8) is 0 Å². The van der Waals surface area contributed by atoms with E-state index < -0.39 is 0 Å². The molecule has 0 N–H and O–H groups in total. The summed E-state index contributed by atoms with van der Waals surface area (Å²) in [6, 6.07) is 65.7. The smallest absolute Gasteiger partial charge is 0.0714 e. The van der Waals surface area contributed by atoms with Gasteiger partial charge in [0.05, 0.1) is 11.4 Å². The summed E-state index contributed by atoms with van der Waals surface area (Å²) in [7, 11) is 0. The second-order valence-electron chi connectivity index (χ2n) is 15.7. The zero-order valence-electron chi connectivity index (χ0n) is 32.7. The molecule has 10 aromatic carbocycles. The second kappa shape index (κ2) is 13.9. The summed E-state index contributed by atoms with van der Waals surface area (Å²) in [5.41, 5.74) is 10.8. The van der Waals surface area contributed by atoms with Crippen LogP contribution in [-0.2, 0) is 0 Å². The van der Waals surface area contributed by atoms with Crippen molar-refractivity contribution in [1.29, 1.82) is 0 Å². The third-order valence-electron chi connectivity index (χ3n) is 12.3. The fraction of sp³-hybridized carbons (Fsp3) is 0. The van der Waals surface area contributed by atoms with Gasteiger partial charge in [-0.2, -0.15) is 0 Å². The zero-order valence-corrected chi connectivity index (χ0v) is 32.7. The largest absolute Gasteiger partial charge is 0.256 e. The topological polar surface area (TPSA) is 25.8 Å². The monoisotopic (exact) mass is 760 g/mol. The van der Waals surface area contributed by atoms with Crippen LogP contribution >= 0.6 is 0 Å². The van der Waals surface area contributed by atoms with E-state index >= 15 is 0 Å². The predicted molar refractivity (Wildman–Crippen MR) is 256 cm³/mol. The van der Waals surface area contributed by atoms with Crippen molar-refractivity contribution >= 4 is 88.9 Å². The van der Waals surface area contributed by atoms with Crippen LogP contribution in [0.3, 0.4) is 0 Å². The molecular formula is C58H36N2. The molecule has 2 heterocycles. The van der Waals surface area contributed by atoms with Crippen LogP contribution in [0.1, 0.15) is 22.3 Å². The Morgan fingerprint density at radius 2 is 0.650 bits per heavy atom. The van der Waals surface area contributed by atoms with Crippen LogP contribution in [0, 0.1) is 0 Å². The molecule has 0 unspecified atom stereocenters. The molecule has 0 saturated carbocycles. The molecule has 0 bridgehead atoms. The van der Waals surface area contributed by atoms with Crippen molar-refractivity contribution in [2.45, 2.75) is 0 Å². The summed E-state index contributed by atoms with van der Waals surface area (Å²) in [5, 5.41) is 15.5. The molecule has 0 aliphatic heterocycles. The van der Waals surface area contributed by atoms with Gasteiger partial charge in [0.2, 0.25) is 0 Å². The van der Waals surface area contributed by atoms with Gasteiger partial charge < -0.3 is 0 Å². The van der Waals surface area contributed by atoms with Crippen LogP contribution in [0.5, 0.6) is 0 Å². The summed E-state index contributed by atoms with van der Waals surface area (Å²) in [6.45, 7) is 0. The van der Waals surface area contributed by atoms with Crippen molar-refractivity contribution in [2.24, 2.45) is 0 Å². The van der Waals surface area contributed by atoms with Gasteiger partial charge in [-0.3, -0.25) is 9.97 Å². The Bertz CT molecular complexity index is 3390. The Kier molecular flexibility index (Phi) is 7.89. The maximum Gasteiger partial charge on any atom is 0.0714 e. The molecule has 0 amide bonds. The lowest BCUT2D eigenvalue weighted by atomic mass is 9.91. The predicted octanol–water partition coefficient (Wildman–Crippen LogP) is 15.6. The van der Waals surface area contributed by atoms with Crippen LogP contribution in [0.25, 0.3) is 123 Å². The van der Waals surface area contributed by atoms with Gasteiger partial charge in [-0.05, 0) is 122 Å². The van der Waals surface area contributed by atoms with Crippen molar-refractivity contribution in [3.05, 3.63) is 217 Å². The molecule has 60 heavy (non-hydrogen) atoms. The highest BCUT2D eigenvalue weighted by Crippen LogP contribution is 2.40. The number of rotatable bonds is 7. The fourth-order valence-corrected chi connectivity index (χ4v) is 9.46. The van der Waals surface area contributed by atoms with Crippen molar-refractivity contribution in [1.82, 2.24) is 9.97 Å². The SMILES string of the molecule is C(=C\c1ccc2ccc3cccc4ccc1c2c34)/c1ccnc(-c2ccccc2-c2ccccc2-c2cc(/C=C/c3ccc4ccc5cccc6ccc3c4c56)ccn2)c1. The van der Waals surface area contributed by atoms with E-state index in [1.807, 2.05) is 12.4 Å². The van der Waals surface area contributed by atoms with Crippen LogP contribution in [-0.4, -0.2) is 9.97 Å². The minimum absolute atomic E-state index is 0.927. The van der Waals surface area contributed by atoms with Gasteiger partial charge in [0.1, 0.15) is 0 Å². The molecular weight excluding hydrogens is 725 g/mol. The van der Waals surface area contributed by atoms with Gasteiger partial charge in [-0.25, -0.2) is 0 Å². The fourth-order valence-electron chi connectivity index (χ4n) is 9.46. The molecule has 12 rings (SSSR count). The van der Waals surface area contributed by atoms with E-state index in [2.05, 4.69) is 206 Å². The molecule has 0 aliphatic carbocycles. The maximum atomic E-state index is 4.92. The van der Waals surface area contributed by atoms with E-state index in [9.17, 15) is 0 Å². The Morgan fingerprint density at radius 1 is 0.283 bits per heavy atom. The quantitative estimate of drug-likeness (QED) is 0.151. The Labute approximate surface area is 347 Å². The molecule has 2 heteroatoms. The van der Waals surface area contributed by atoms with Crippen LogP contribution in [0.15, 0.2) is 194 Å². The summed E-state index contributed by atoms with van der Waals surface area (Å²) in [4.78, 5) is 9.83. The molecule has 12 aromatic rings. The standard InChI is InChI=1S/C58H36N2/c1-3-13-51(53-35-37(31-33-59-53)15-17-39-19-21-45-25-23-41-7-5-9-43-27-29-47(39)57(45)55(41)43)49(11-1)50-12-2-4-14-52(50)54-36-38(32-34-60-54)16-18-40-20-22-46-26-24-42-8-6-10-44-28-30-48(40)58(46)56(42)44/h1-36H/b17-15+,18-16+. The van der Waals surface area contributed by atoms with Gasteiger partial charge in [0, 0.05) is 23.5 Å². The molecule has 278 valence electrons. The van der Waals surface area contributed by atoms with Crippen LogP contribution in [0.4, 0.5) is 0 Å². The molecule has 0 fully saturated rings. The first kappa shape index (κ1) is 34.1. The van der Waals surface area contributed by atoms with E-state index in [1.54, 1.807) is 0 Å². The van der Waals surface area contributed by atoms with E-state index in [0.29, 0.717) is 0 Å². The van der Waals surface area contributed by atoms with E-state index in [1.165, 1.54) is 75.8 Å². The number of hydrogen-bond acceptors (Lipinski definition) is 2. The average Bonchev–Trinajstić information content (AvgIpc) is 3.31. The van der Waals surface area contributed by atoms with E-state index in [0.717, 1.165) is 44.8 Å². The number of aromatic nitrogens is 2. The third-order valence-corrected chi connectivity index (χ3v) is 12.3. The summed E-state index contributed by atoms with van der Waals surface area (Å²) < 4.78 is 0. The summed E-state index contributed by atoms with van der Waals surface area (Å²) in [6.07, 6.45) is 12.7. The number of nitrogens with zero attached hydrogens (tertiary/aromatic N) is 2. The third kappa shape index (κ3) is 5.65. The average molecular weight is 761 g/mol.